The first kappa shape index (κ1) is 56.2. The number of ketones is 2. The fourth-order valence-electron chi connectivity index (χ4n) is 11.6. The normalized spacial score (nSPS) is 16.2. The molecule has 7 heterocycles. The molecule has 5 aromatic heterocycles. The Morgan fingerprint density at radius 3 is 1.65 bits per heavy atom. The molecule has 2 atom stereocenters. The fraction of sp³-hybridized carbons (Fsp3) is 0.311. The Hall–Kier alpha value is -9.64. The maximum Gasteiger partial charge on any atom is 0.270 e. The molecule has 0 bridgehead atoms. The number of hydrogen-bond acceptors (Lipinski definition) is 14. The summed E-state index contributed by atoms with van der Waals surface area (Å²) in [6.07, 6.45) is 7.63. The summed E-state index contributed by atoms with van der Waals surface area (Å²) < 4.78 is 36.8. The molecule has 2 aliphatic carbocycles. The molecular weight excluding hydrogens is 1080 g/mol. The molecular formula is C61H59F2N13O8. The van der Waals surface area contributed by atoms with Crippen molar-refractivity contribution in [3.05, 3.63) is 181 Å². The molecule has 0 unspecified atom stereocenters. The number of anilines is 2. The van der Waals surface area contributed by atoms with Crippen molar-refractivity contribution in [1.82, 2.24) is 55.4 Å². The van der Waals surface area contributed by atoms with E-state index in [0.29, 0.717) is 63.0 Å². The second-order valence-corrected chi connectivity index (χ2v) is 21.2. The van der Waals surface area contributed by atoms with Crippen molar-refractivity contribution in [3.63, 3.8) is 0 Å². The number of nitrogens with zero attached hydrogens (tertiary/aromatic N) is 9. The van der Waals surface area contributed by atoms with Crippen LogP contribution in [0.15, 0.2) is 91.4 Å². The summed E-state index contributed by atoms with van der Waals surface area (Å²) >= 11 is 0. The maximum atomic E-state index is 14.6. The van der Waals surface area contributed by atoms with E-state index in [9.17, 15) is 42.3 Å². The van der Waals surface area contributed by atoms with E-state index in [1.165, 1.54) is 26.0 Å². The first-order valence-corrected chi connectivity index (χ1v) is 27.7. The van der Waals surface area contributed by atoms with Gasteiger partial charge in [0.05, 0.1) is 37.7 Å². The van der Waals surface area contributed by atoms with Crippen LogP contribution in [0.1, 0.15) is 159 Å². The number of fused-ring (bicyclic) bond motifs is 4. The number of Topliss-reactive ketones (excluding diaryl/α,β-unsaturated/α-hetero) is 2. The molecule has 23 heteroatoms. The maximum absolute atomic E-state index is 14.6. The molecule has 0 saturated carbocycles. The number of halogens is 2. The number of amides is 5. The summed E-state index contributed by atoms with van der Waals surface area (Å²) in [5, 5.41) is 19.5. The average Bonchev–Trinajstić information content (AvgIpc) is 4.41. The Morgan fingerprint density at radius 2 is 1.15 bits per heavy atom. The minimum Gasteiger partial charge on any atom is -0.378 e. The van der Waals surface area contributed by atoms with Crippen LogP contribution in [0.4, 0.5) is 20.3 Å². The van der Waals surface area contributed by atoms with Crippen LogP contribution in [0, 0.1) is 25.5 Å². The number of morpholine rings is 1. The van der Waals surface area contributed by atoms with Crippen molar-refractivity contribution in [2.24, 2.45) is 0 Å². The van der Waals surface area contributed by atoms with Gasteiger partial charge in [-0.1, -0.05) is 36.4 Å². The van der Waals surface area contributed by atoms with Gasteiger partial charge >= 0.3 is 0 Å². The molecule has 2 fully saturated rings. The smallest absolute Gasteiger partial charge is 0.270 e. The molecule has 0 radical (unpaired) electrons. The molecule has 4 aliphatic rings. The van der Waals surface area contributed by atoms with Gasteiger partial charge in [-0.15, -0.1) is 0 Å². The van der Waals surface area contributed by atoms with E-state index in [2.05, 4.69) is 51.3 Å². The lowest BCUT2D eigenvalue weighted by atomic mass is 9.96. The first-order chi connectivity index (χ1) is 40.5. The lowest BCUT2D eigenvalue weighted by Crippen LogP contribution is -2.36. The van der Waals surface area contributed by atoms with Crippen LogP contribution in [0.25, 0.3) is 11.3 Å². The van der Waals surface area contributed by atoms with Crippen molar-refractivity contribution in [3.8, 4) is 0 Å². The molecule has 12 rings (SSSR count). The second kappa shape index (κ2) is 23.7. The van der Waals surface area contributed by atoms with E-state index in [0.717, 1.165) is 96.9 Å². The summed E-state index contributed by atoms with van der Waals surface area (Å²) in [7, 11) is 0. The quantitative estimate of drug-likeness (QED) is 0.0816. The molecule has 3 aromatic carbocycles. The summed E-state index contributed by atoms with van der Waals surface area (Å²) in [4.78, 5) is 106. The Labute approximate surface area is 480 Å². The SMILES string of the molecule is CC(=O)c1ccc2c(c1C)CC[C@@H]2NC(=O)c1cc(C(=O)NCc2cccc(N3CCCC3=O)c2)nc2c(F)cnn12.CC(=O)c1ccc2c(c1C)CC[C@@H]2NC(=O)c1cc(C(=O)NCc2ccnc(N3CCOCC3)c2)nc2c(F)cnn12. The van der Waals surface area contributed by atoms with Gasteiger partial charge < -0.3 is 35.8 Å². The van der Waals surface area contributed by atoms with Crippen LogP contribution >= 0.6 is 0 Å². The van der Waals surface area contributed by atoms with Crippen LogP contribution in [-0.2, 0) is 35.5 Å². The lowest BCUT2D eigenvalue weighted by molar-refractivity contribution is -0.117. The molecule has 4 N–H and O–H groups in total. The molecule has 21 nitrogen and oxygen atoms in total. The summed E-state index contributed by atoms with van der Waals surface area (Å²) in [6.45, 7) is 10.6. The number of benzene rings is 3. The number of ether oxygens (including phenoxy) is 1. The zero-order chi connectivity index (χ0) is 58.9. The third kappa shape index (κ3) is 11.3. The third-order valence-corrected chi connectivity index (χ3v) is 15.9. The Morgan fingerprint density at radius 1 is 0.631 bits per heavy atom. The van der Waals surface area contributed by atoms with E-state index in [-0.39, 0.29) is 76.7 Å². The van der Waals surface area contributed by atoms with Crippen LogP contribution in [0.5, 0.6) is 0 Å². The zero-order valence-corrected chi connectivity index (χ0v) is 46.6. The van der Waals surface area contributed by atoms with Gasteiger partial charge in [-0.2, -0.15) is 10.2 Å². The topological polar surface area (TPSA) is 257 Å². The van der Waals surface area contributed by atoms with Crippen molar-refractivity contribution in [1.29, 1.82) is 0 Å². The van der Waals surface area contributed by atoms with Gasteiger partial charge in [-0.05, 0) is 129 Å². The van der Waals surface area contributed by atoms with E-state index in [1.54, 1.807) is 29.3 Å². The van der Waals surface area contributed by atoms with Crippen LogP contribution in [0.2, 0.25) is 0 Å². The van der Waals surface area contributed by atoms with Gasteiger partial charge in [0.15, 0.2) is 34.5 Å². The number of pyridine rings is 1. The van der Waals surface area contributed by atoms with Gasteiger partial charge in [0.1, 0.15) is 28.6 Å². The van der Waals surface area contributed by atoms with Gasteiger partial charge in [0, 0.05) is 74.3 Å². The zero-order valence-electron chi connectivity index (χ0n) is 46.6. The van der Waals surface area contributed by atoms with Crippen molar-refractivity contribution >= 4 is 63.9 Å². The van der Waals surface area contributed by atoms with Crippen LogP contribution < -0.4 is 31.1 Å². The number of rotatable bonds is 14. The molecule has 84 heavy (non-hydrogen) atoms. The fourth-order valence-corrected chi connectivity index (χ4v) is 11.6. The molecule has 0 spiro atoms. The van der Waals surface area contributed by atoms with Gasteiger partial charge in [0.25, 0.3) is 23.6 Å². The van der Waals surface area contributed by atoms with E-state index < -0.39 is 35.3 Å². The first-order valence-electron chi connectivity index (χ1n) is 27.7. The highest BCUT2D eigenvalue weighted by Gasteiger charge is 2.32. The third-order valence-electron chi connectivity index (χ3n) is 15.9. The van der Waals surface area contributed by atoms with Crippen molar-refractivity contribution < 1.29 is 47.1 Å². The number of hydrogen-bond donors (Lipinski definition) is 4. The van der Waals surface area contributed by atoms with E-state index in [1.807, 2.05) is 56.3 Å². The largest absolute Gasteiger partial charge is 0.378 e. The summed E-state index contributed by atoms with van der Waals surface area (Å²) in [6, 6.07) is 20.3. The Kier molecular flexibility index (Phi) is 15.9. The Bertz CT molecular complexity index is 4000. The minimum atomic E-state index is -0.764. The predicted molar refractivity (Wildman–Crippen MR) is 303 cm³/mol. The number of nitrogens with one attached hydrogen (secondary N) is 4. The van der Waals surface area contributed by atoms with E-state index >= 15 is 0 Å². The molecule has 5 amide bonds. The van der Waals surface area contributed by atoms with E-state index in [4.69, 9.17) is 4.74 Å². The van der Waals surface area contributed by atoms with Gasteiger partial charge in [-0.25, -0.2) is 32.8 Å². The number of carbonyl (C=O) groups excluding carboxylic acids is 7. The average molecular weight is 1140 g/mol. The second-order valence-electron chi connectivity index (χ2n) is 21.2. The summed E-state index contributed by atoms with van der Waals surface area (Å²) in [5.74, 6) is -2.86. The molecule has 2 saturated heterocycles. The monoisotopic (exact) mass is 1140 g/mol. The van der Waals surface area contributed by atoms with Crippen LogP contribution in [-0.4, -0.2) is 108 Å². The standard InChI is InChI=1S/C31H29FN6O4.C30H30FN7O4/c1-17-21(18(2)39)8-9-23-22(17)10-11-25(23)36-31(42)27-14-26(35-29-24(32)16-34-38(27)29)30(41)33-15-19-5-3-6-20(13-19)37-12-4-7-28(37)40;1-17-20(18(2)39)3-4-22-21(17)5-6-24(22)36-30(41)26-14-25(35-28-23(31)16-34-38(26)28)29(40)33-15-19-7-8-32-27(13-19)37-9-11-42-12-10-37/h3,5-6,8-9,13-14,16,25H,4,7,10-12,15H2,1-2H3,(H,33,41)(H,36,42);3-4,7-8,13-14,16,24H,5-6,9-12,15H2,1-2H3,(H,33,40)(H,36,41)/t25-;24-/m00/s1. The minimum absolute atomic E-state index is 0.00467. The highest BCUT2D eigenvalue weighted by atomic mass is 19.1. The van der Waals surface area contributed by atoms with Crippen molar-refractivity contribution in [2.75, 3.05) is 42.6 Å². The van der Waals surface area contributed by atoms with Gasteiger partial charge in [0.2, 0.25) is 5.91 Å². The van der Waals surface area contributed by atoms with Crippen LogP contribution in [0.3, 0.4) is 0 Å². The van der Waals surface area contributed by atoms with Crippen molar-refractivity contribution in [2.45, 2.75) is 91.4 Å². The molecule has 430 valence electrons. The molecule has 2 aliphatic heterocycles. The Balaban J connectivity index is 0.000000175. The summed E-state index contributed by atoms with van der Waals surface area (Å²) in [5.41, 5.74) is 8.74. The number of aromatic nitrogens is 7. The lowest BCUT2D eigenvalue weighted by Gasteiger charge is -2.28. The highest BCUT2D eigenvalue weighted by Crippen LogP contribution is 2.37. The number of carbonyl (C=O) groups is 7. The molecule has 8 aromatic rings. The van der Waals surface area contributed by atoms with Gasteiger partial charge in [-0.3, -0.25) is 33.6 Å². The predicted octanol–water partition coefficient (Wildman–Crippen LogP) is 6.81. The highest BCUT2D eigenvalue weighted by molar-refractivity contribution is 6.01.